The quantitative estimate of drug-likeness (QED) is 0.859. The van der Waals surface area contributed by atoms with Crippen LogP contribution in [0, 0.1) is 18.8 Å². The van der Waals surface area contributed by atoms with Gasteiger partial charge in [0.2, 0.25) is 0 Å². The van der Waals surface area contributed by atoms with Gasteiger partial charge in [0, 0.05) is 56.0 Å². The Kier molecular flexibility index (Phi) is 3.33. The molecule has 24 heavy (non-hydrogen) atoms. The van der Waals surface area contributed by atoms with Crippen LogP contribution in [-0.4, -0.2) is 46.2 Å². The Balaban J connectivity index is 1.23. The van der Waals surface area contributed by atoms with Crippen molar-refractivity contribution >= 4 is 5.82 Å². The lowest BCUT2D eigenvalue weighted by molar-refractivity contribution is 0.304. The Morgan fingerprint density at radius 1 is 1.12 bits per heavy atom. The van der Waals surface area contributed by atoms with Crippen LogP contribution in [0.4, 0.5) is 5.82 Å². The van der Waals surface area contributed by atoms with Gasteiger partial charge in [0.05, 0.1) is 6.20 Å². The van der Waals surface area contributed by atoms with E-state index in [1.54, 1.807) is 6.33 Å². The summed E-state index contributed by atoms with van der Waals surface area (Å²) in [7, 11) is 0. The predicted octanol–water partition coefficient (Wildman–Crippen LogP) is 2.22. The van der Waals surface area contributed by atoms with E-state index in [9.17, 15) is 0 Å². The molecule has 2 unspecified atom stereocenters. The molecule has 5 rings (SSSR count). The van der Waals surface area contributed by atoms with Gasteiger partial charge in [-0.25, -0.2) is 9.97 Å². The first kappa shape index (κ1) is 14.4. The van der Waals surface area contributed by atoms with Crippen LogP contribution in [0.1, 0.15) is 35.8 Å². The molecule has 1 aliphatic carbocycles. The lowest BCUT2D eigenvalue weighted by Crippen LogP contribution is -2.29. The first-order valence-electron chi connectivity index (χ1n) is 8.95. The minimum Gasteiger partial charge on any atom is -0.361 e. The number of fused-ring (bicyclic) bond motifs is 1. The van der Waals surface area contributed by atoms with Crippen LogP contribution in [0.25, 0.3) is 0 Å². The molecule has 0 spiro atoms. The second-order valence-electron chi connectivity index (χ2n) is 7.63. The molecule has 0 bridgehead atoms. The molecule has 126 valence electrons. The van der Waals surface area contributed by atoms with E-state index in [1.165, 1.54) is 31.5 Å². The summed E-state index contributed by atoms with van der Waals surface area (Å²) in [6.45, 7) is 7.57. The van der Waals surface area contributed by atoms with Crippen molar-refractivity contribution in [2.75, 3.05) is 31.1 Å². The van der Waals surface area contributed by atoms with Crippen LogP contribution in [0.2, 0.25) is 0 Å². The van der Waals surface area contributed by atoms with Crippen molar-refractivity contribution in [1.29, 1.82) is 0 Å². The van der Waals surface area contributed by atoms with Crippen LogP contribution >= 0.6 is 0 Å². The summed E-state index contributed by atoms with van der Waals surface area (Å²) in [6, 6.07) is 2.10. The second kappa shape index (κ2) is 5.55. The summed E-state index contributed by atoms with van der Waals surface area (Å²) in [6.07, 6.45) is 6.13. The second-order valence-corrected chi connectivity index (χ2v) is 7.63. The zero-order valence-corrected chi connectivity index (χ0v) is 14.1. The van der Waals surface area contributed by atoms with Crippen LogP contribution in [0.15, 0.2) is 23.1 Å². The van der Waals surface area contributed by atoms with Crippen molar-refractivity contribution in [3.05, 3.63) is 35.6 Å². The maximum Gasteiger partial charge on any atom is 0.144 e. The molecular weight excluding hydrogens is 302 g/mol. The summed E-state index contributed by atoms with van der Waals surface area (Å²) in [5, 5.41) is 4.03. The van der Waals surface area contributed by atoms with Crippen molar-refractivity contribution in [3.63, 3.8) is 0 Å². The van der Waals surface area contributed by atoms with Crippen LogP contribution in [0.3, 0.4) is 0 Å². The number of hydrogen-bond acceptors (Lipinski definition) is 6. The molecule has 0 N–H and O–H groups in total. The Hall–Kier alpha value is -1.95. The van der Waals surface area contributed by atoms with E-state index in [1.807, 2.05) is 13.1 Å². The average molecular weight is 325 g/mol. The molecular formula is C18H23N5O. The summed E-state index contributed by atoms with van der Waals surface area (Å²) in [5.74, 6) is 4.35. The smallest absolute Gasteiger partial charge is 0.144 e. The third-order valence-electron chi connectivity index (χ3n) is 5.69. The fourth-order valence-electron chi connectivity index (χ4n) is 4.33. The van der Waals surface area contributed by atoms with Crippen molar-refractivity contribution in [2.45, 2.75) is 32.2 Å². The highest BCUT2D eigenvalue weighted by molar-refractivity contribution is 5.40. The topological polar surface area (TPSA) is 58.3 Å². The van der Waals surface area contributed by atoms with Crippen molar-refractivity contribution in [3.8, 4) is 0 Å². The number of nitrogens with zero attached hydrogens (tertiary/aromatic N) is 5. The molecule has 2 atom stereocenters. The summed E-state index contributed by atoms with van der Waals surface area (Å²) < 4.78 is 5.48. The van der Waals surface area contributed by atoms with Gasteiger partial charge in [0.1, 0.15) is 17.9 Å². The Morgan fingerprint density at radius 3 is 2.62 bits per heavy atom. The zero-order chi connectivity index (χ0) is 16.1. The minimum absolute atomic E-state index is 0.640. The maximum atomic E-state index is 5.48. The molecule has 2 saturated heterocycles. The number of rotatable bonds is 4. The summed E-state index contributed by atoms with van der Waals surface area (Å²) >= 11 is 0. The molecule has 6 nitrogen and oxygen atoms in total. The van der Waals surface area contributed by atoms with Crippen LogP contribution in [0.5, 0.6) is 0 Å². The van der Waals surface area contributed by atoms with Crippen molar-refractivity contribution in [2.24, 2.45) is 11.8 Å². The average Bonchev–Trinajstić information content (AvgIpc) is 3.00. The molecule has 2 aliphatic heterocycles. The monoisotopic (exact) mass is 325 g/mol. The third kappa shape index (κ3) is 2.59. The molecule has 2 aromatic rings. The first-order valence-corrected chi connectivity index (χ1v) is 8.95. The highest BCUT2D eigenvalue weighted by Gasteiger charge is 2.41. The molecule has 1 saturated carbocycles. The van der Waals surface area contributed by atoms with E-state index in [2.05, 4.69) is 31.0 Å². The van der Waals surface area contributed by atoms with Gasteiger partial charge in [0.25, 0.3) is 0 Å². The SMILES string of the molecule is Cc1cc(N2CC3CN(Cc4cnoc4C4CC4)CC3C2)ncn1. The van der Waals surface area contributed by atoms with E-state index in [-0.39, 0.29) is 0 Å². The Labute approximate surface area is 141 Å². The lowest BCUT2D eigenvalue weighted by atomic mass is 10.0. The number of aromatic nitrogens is 3. The van der Waals surface area contributed by atoms with Crippen LogP contribution < -0.4 is 4.90 Å². The van der Waals surface area contributed by atoms with Gasteiger partial charge in [-0.1, -0.05) is 5.16 Å². The predicted molar refractivity (Wildman–Crippen MR) is 89.7 cm³/mol. The normalized spacial score (nSPS) is 27.0. The van der Waals surface area contributed by atoms with Gasteiger partial charge in [-0.15, -0.1) is 0 Å². The molecule has 6 heteroatoms. The van der Waals surface area contributed by atoms with Gasteiger partial charge < -0.3 is 9.42 Å². The molecule has 4 heterocycles. The molecule has 0 radical (unpaired) electrons. The van der Waals surface area contributed by atoms with Gasteiger partial charge in [-0.2, -0.15) is 0 Å². The van der Waals surface area contributed by atoms with E-state index >= 15 is 0 Å². The number of anilines is 1. The van der Waals surface area contributed by atoms with Crippen molar-refractivity contribution < 1.29 is 4.52 Å². The standard InChI is InChI=1S/C18H23N5O/c1-12-4-17(20-11-19-12)23-9-15-7-22(8-16(15)10-23)6-14-5-21-24-18(14)13-2-3-13/h4-5,11,13,15-16H,2-3,6-10H2,1H3. The third-order valence-corrected chi connectivity index (χ3v) is 5.69. The van der Waals surface area contributed by atoms with Crippen molar-refractivity contribution in [1.82, 2.24) is 20.0 Å². The molecule has 2 aromatic heterocycles. The van der Waals surface area contributed by atoms with Gasteiger partial charge in [-0.05, 0) is 31.6 Å². The maximum absolute atomic E-state index is 5.48. The molecule has 3 fully saturated rings. The minimum atomic E-state index is 0.640. The highest BCUT2D eigenvalue weighted by Crippen LogP contribution is 2.42. The Bertz CT molecular complexity index is 727. The van der Waals surface area contributed by atoms with Gasteiger partial charge in [-0.3, -0.25) is 4.90 Å². The van der Waals surface area contributed by atoms with E-state index in [0.29, 0.717) is 5.92 Å². The first-order chi connectivity index (χ1) is 11.8. The van der Waals surface area contributed by atoms with Crippen LogP contribution in [-0.2, 0) is 6.54 Å². The number of hydrogen-bond donors (Lipinski definition) is 0. The fraction of sp³-hybridized carbons (Fsp3) is 0.611. The van der Waals surface area contributed by atoms with Gasteiger partial charge in [0.15, 0.2) is 0 Å². The summed E-state index contributed by atoms with van der Waals surface area (Å²) in [5.41, 5.74) is 2.35. The molecule has 3 aliphatic rings. The zero-order valence-electron chi connectivity index (χ0n) is 14.1. The number of aryl methyl sites for hydroxylation is 1. The largest absolute Gasteiger partial charge is 0.361 e. The van der Waals surface area contributed by atoms with Gasteiger partial charge >= 0.3 is 0 Å². The number of likely N-dealkylation sites (tertiary alicyclic amines) is 1. The summed E-state index contributed by atoms with van der Waals surface area (Å²) in [4.78, 5) is 13.7. The molecule has 0 amide bonds. The fourth-order valence-corrected chi connectivity index (χ4v) is 4.33. The van der Waals surface area contributed by atoms with E-state index < -0.39 is 0 Å². The molecule has 0 aromatic carbocycles. The van der Waals surface area contributed by atoms with E-state index in [4.69, 9.17) is 4.52 Å². The lowest BCUT2D eigenvalue weighted by Gasteiger charge is -2.22. The highest BCUT2D eigenvalue weighted by atomic mass is 16.5. The van der Waals surface area contributed by atoms with E-state index in [0.717, 1.165) is 48.7 Å². The Morgan fingerprint density at radius 2 is 1.92 bits per heavy atom.